The van der Waals surface area contributed by atoms with Gasteiger partial charge in [0.2, 0.25) is 0 Å². The standard InChI is InChI=1S/C27H30N2O5/c1-18-16-19(27(31)33-5)10-12-21(18)22-8-6-7-9-23(22)26(30)28-20-11-13-24(32-4)25(17-20)34-15-14-29(2)3/h6-13,16-17H,14-15H2,1-5H3,(H,28,30). The number of hydrogen-bond donors (Lipinski definition) is 1. The van der Waals surface area contributed by atoms with Gasteiger partial charge in [-0.15, -0.1) is 0 Å². The molecule has 3 rings (SSSR count). The third-order valence-corrected chi connectivity index (χ3v) is 5.33. The first kappa shape index (κ1) is 24.8. The van der Waals surface area contributed by atoms with E-state index in [1.54, 1.807) is 43.5 Å². The third kappa shape index (κ3) is 5.94. The molecule has 0 saturated carbocycles. The van der Waals surface area contributed by atoms with Crippen LogP contribution in [0.15, 0.2) is 60.7 Å². The third-order valence-electron chi connectivity index (χ3n) is 5.33. The molecule has 0 aliphatic rings. The number of rotatable bonds is 9. The number of carbonyl (C=O) groups is 2. The molecule has 0 bridgehead atoms. The Labute approximate surface area is 200 Å². The van der Waals surface area contributed by atoms with Crippen molar-refractivity contribution in [2.75, 3.05) is 46.8 Å². The molecule has 0 spiro atoms. The molecule has 0 atom stereocenters. The number of anilines is 1. The number of methoxy groups -OCH3 is 2. The number of aryl methyl sites for hydroxylation is 1. The number of ether oxygens (including phenoxy) is 3. The molecule has 0 saturated heterocycles. The van der Waals surface area contributed by atoms with Crippen molar-refractivity contribution in [2.24, 2.45) is 0 Å². The van der Waals surface area contributed by atoms with Crippen molar-refractivity contribution >= 4 is 17.6 Å². The molecular formula is C27H30N2O5. The fourth-order valence-electron chi connectivity index (χ4n) is 3.53. The molecule has 0 aromatic heterocycles. The molecule has 7 nitrogen and oxygen atoms in total. The maximum atomic E-state index is 13.2. The van der Waals surface area contributed by atoms with Crippen LogP contribution < -0.4 is 14.8 Å². The highest BCUT2D eigenvalue weighted by Gasteiger charge is 2.16. The summed E-state index contributed by atoms with van der Waals surface area (Å²) in [4.78, 5) is 27.1. The van der Waals surface area contributed by atoms with Gasteiger partial charge < -0.3 is 24.4 Å². The molecule has 34 heavy (non-hydrogen) atoms. The van der Waals surface area contributed by atoms with Crippen LogP contribution in [0, 0.1) is 6.92 Å². The SMILES string of the molecule is COC(=O)c1ccc(-c2ccccc2C(=O)Nc2ccc(OC)c(OCCN(C)C)c2)c(C)c1. The summed E-state index contributed by atoms with van der Waals surface area (Å²) in [5.41, 5.74) is 4.07. The van der Waals surface area contributed by atoms with E-state index in [1.165, 1.54) is 7.11 Å². The van der Waals surface area contributed by atoms with Gasteiger partial charge in [0, 0.05) is 23.9 Å². The van der Waals surface area contributed by atoms with Crippen LogP contribution in [0.25, 0.3) is 11.1 Å². The normalized spacial score (nSPS) is 10.6. The van der Waals surface area contributed by atoms with Crippen LogP contribution in [0.1, 0.15) is 26.3 Å². The fourth-order valence-corrected chi connectivity index (χ4v) is 3.53. The van der Waals surface area contributed by atoms with Gasteiger partial charge in [0.05, 0.1) is 19.8 Å². The number of nitrogens with one attached hydrogen (secondary N) is 1. The van der Waals surface area contributed by atoms with Gasteiger partial charge in [-0.3, -0.25) is 4.79 Å². The number of likely N-dealkylation sites (N-methyl/N-ethyl adjacent to an activating group) is 1. The van der Waals surface area contributed by atoms with Crippen molar-refractivity contribution in [1.29, 1.82) is 0 Å². The zero-order chi connectivity index (χ0) is 24.7. The van der Waals surface area contributed by atoms with Gasteiger partial charge in [0.25, 0.3) is 5.91 Å². The van der Waals surface area contributed by atoms with E-state index in [1.807, 2.05) is 50.2 Å². The van der Waals surface area contributed by atoms with Crippen LogP contribution in [0.2, 0.25) is 0 Å². The first-order valence-electron chi connectivity index (χ1n) is 10.9. The van der Waals surface area contributed by atoms with Gasteiger partial charge in [0.15, 0.2) is 11.5 Å². The van der Waals surface area contributed by atoms with E-state index in [-0.39, 0.29) is 5.91 Å². The van der Waals surface area contributed by atoms with Crippen LogP contribution in [-0.2, 0) is 4.74 Å². The van der Waals surface area contributed by atoms with Crippen LogP contribution in [-0.4, -0.2) is 58.2 Å². The van der Waals surface area contributed by atoms with E-state index in [4.69, 9.17) is 14.2 Å². The number of nitrogens with zero attached hydrogens (tertiary/aromatic N) is 1. The zero-order valence-electron chi connectivity index (χ0n) is 20.2. The topological polar surface area (TPSA) is 77.1 Å². The molecule has 0 radical (unpaired) electrons. The molecule has 3 aromatic carbocycles. The van der Waals surface area contributed by atoms with Crippen molar-refractivity contribution in [3.63, 3.8) is 0 Å². The highest BCUT2D eigenvalue weighted by atomic mass is 16.5. The second-order valence-electron chi connectivity index (χ2n) is 8.04. The summed E-state index contributed by atoms with van der Waals surface area (Å²) < 4.78 is 16.1. The van der Waals surface area contributed by atoms with Crippen molar-refractivity contribution in [2.45, 2.75) is 6.92 Å². The van der Waals surface area contributed by atoms with Crippen molar-refractivity contribution in [3.8, 4) is 22.6 Å². The second kappa shape index (κ2) is 11.3. The molecule has 0 fully saturated rings. The lowest BCUT2D eigenvalue weighted by Gasteiger charge is -2.16. The Hall–Kier alpha value is -3.84. The van der Waals surface area contributed by atoms with Crippen molar-refractivity contribution in [1.82, 2.24) is 4.90 Å². The van der Waals surface area contributed by atoms with E-state index in [9.17, 15) is 9.59 Å². The van der Waals surface area contributed by atoms with Gasteiger partial charge in [0.1, 0.15) is 6.61 Å². The summed E-state index contributed by atoms with van der Waals surface area (Å²) in [7, 11) is 6.87. The molecule has 178 valence electrons. The molecule has 0 aliphatic carbocycles. The Morgan fingerprint density at radius 3 is 2.35 bits per heavy atom. The summed E-state index contributed by atoms with van der Waals surface area (Å²) in [5.74, 6) is 0.503. The summed E-state index contributed by atoms with van der Waals surface area (Å²) in [6.07, 6.45) is 0. The minimum absolute atomic E-state index is 0.253. The van der Waals surface area contributed by atoms with Gasteiger partial charge in [-0.05, 0) is 68.0 Å². The van der Waals surface area contributed by atoms with Crippen molar-refractivity contribution in [3.05, 3.63) is 77.4 Å². The number of amides is 1. The number of hydrogen-bond acceptors (Lipinski definition) is 6. The summed E-state index contributed by atoms with van der Waals surface area (Å²) >= 11 is 0. The number of carbonyl (C=O) groups excluding carboxylic acids is 2. The van der Waals surface area contributed by atoms with Crippen LogP contribution in [0.5, 0.6) is 11.5 Å². The maximum Gasteiger partial charge on any atom is 0.337 e. The highest BCUT2D eigenvalue weighted by Crippen LogP contribution is 2.32. The minimum atomic E-state index is -0.399. The first-order chi connectivity index (χ1) is 16.3. The lowest BCUT2D eigenvalue weighted by molar-refractivity contribution is 0.0600. The van der Waals surface area contributed by atoms with Crippen LogP contribution in [0.3, 0.4) is 0 Å². The molecule has 3 aromatic rings. The average molecular weight is 463 g/mol. The van der Waals surface area contributed by atoms with E-state index >= 15 is 0 Å². The molecule has 0 unspecified atom stereocenters. The molecule has 7 heteroatoms. The van der Waals surface area contributed by atoms with Gasteiger partial charge in [-0.1, -0.05) is 24.3 Å². The Balaban J connectivity index is 1.86. The smallest absolute Gasteiger partial charge is 0.337 e. The van der Waals surface area contributed by atoms with Gasteiger partial charge in [-0.2, -0.15) is 0 Å². The quantitative estimate of drug-likeness (QED) is 0.467. The van der Waals surface area contributed by atoms with Gasteiger partial charge >= 0.3 is 5.97 Å². The lowest BCUT2D eigenvalue weighted by Crippen LogP contribution is -2.19. The summed E-state index contributed by atoms with van der Waals surface area (Å²) in [6, 6.07) is 17.9. The average Bonchev–Trinajstić information content (AvgIpc) is 2.83. The Morgan fingerprint density at radius 1 is 0.912 bits per heavy atom. The largest absolute Gasteiger partial charge is 0.493 e. The monoisotopic (exact) mass is 462 g/mol. The Bertz CT molecular complexity index is 1170. The number of esters is 1. The molecule has 0 heterocycles. The number of benzene rings is 3. The summed E-state index contributed by atoms with van der Waals surface area (Å²) in [6.45, 7) is 3.14. The lowest BCUT2D eigenvalue weighted by atomic mass is 9.94. The van der Waals surface area contributed by atoms with E-state index in [2.05, 4.69) is 5.32 Å². The second-order valence-corrected chi connectivity index (χ2v) is 8.04. The Kier molecular flexibility index (Phi) is 8.27. The minimum Gasteiger partial charge on any atom is -0.493 e. The summed E-state index contributed by atoms with van der Waals surface area (Å²) in [5, 5.41) is 2.96. The first-order valence-corrected chi connectivity index (χ1v) is 10.9. The predicted octanol–water partition coefficient (Wildman–Crippen LogP) is 4.65. The van der Waals surface area contributed by atoms with Gasteiger partial charge in [-0.25, -0.2) is 4.79 Å². The zero-order valence-corrected chi connectivity index (χ0v) is 20.2. The van der Waals surface area contributed by atoms with Crippen LogP contribution in [0.4, 0.5) is 5.69 Å². The van der Waals surface area contributed by atoms with Crippen LogP contribution >= 0.6 is 0 Å². The maximum absolute atomic E-state index is 13.2. The van der Waals surface area contributed by atoms with E-state index < -0.39 is 5.97 Å². The van der Waals surface area contributed by atoms with Crippen molar-refractivity contribution < 1.29 is 23.8 Å². The highest BCUT2D eigenvalue weighted by molar-refractivity contribution is 6.09. The molecule has 1 N–H and O–H groups in total. The Morgan fingerprint density at radius 2 is 1.68 bits per heavy atom. The molecule has 1 amide bonds. The molecule has 0 aliphatic heterocycles. The molecular weight excluding hydrogens is 432 g/mol. The van der Waals surface area contributed by atoms with E-state index in [0.29, 0.717) is 34.9 Å². The predicted molar refractivity (Wildman–Crippen MR) is 133 cm³/mol. The van der Waals surface area contributed by atoms with E-state index in [0.717, 1.165) is 23.2 Å². The fraction of sp³-hybridized carbons (Fsp3) is 0.259.